The summed E-state index contributed by atoms with van der Waals surface area (Å²) in [7, 11) is 0. The second-order valence-corrected chi connectivity index (χ2v) is 6.28. The van der Waals surface area contributed by atoms with Gasteiger partial charge in [-0.05, 0) is 42.7 Å². The molecular weight excluding hydrogens is 302 g/mol. The highest BCUT2D eigenvalue weighted by molar-refractivity contribution is 5.94. The summed E-state index contributed by atoms with van der Waals surface area (Å²) in [5.74, 6) is 1.70. The number of ether oxygens (including phenoxy) is 2. The number of likely N-dealkylation sites (tertiary alicyclic amines) is 1. The number of fused-ring (bicyclic) bond motifs is 1. The molecule has 0 unspecified atom stereocenters. The van der Waals surface area contributed by atoms with Gasteiger partial charge < -0.3 is 14.4 Å². The third kappa shape index (κ3) is 2.84. The molecule has 1 fully saturated rings. The van der Waals surface area contributed by atoms with Gasteiger partial charge in [-0.25, -0.2) is 0 Å². The Morgan fingerprint density at radius 2 is 1.75 bits per heavy atom. The molecule has 4 heteroatoms. The number of amides is 1. The molecule has 2 aromatic rings. The third-order valence-electron chi connectivity index (χ3n) is 4.69. The number of nitrogens with zero attached hydrogens (tertiary/aromatic N) is 1. The molecule has 124 valence electrons. The molecule has 0 saturated carbocycles. The summed E-state index contributed by atoms with van der Waals surface area (Å²) in [6, 6.07) is 15.7. The van der Waals surface area contributed by atoms with Crippen LogP contribution in [0.4, 0.5) is 0 Å². The van der Waals surface area contributed by atoms with Gasteiger partial charge in [0.1, 0.15) is 0 Å². The lowest BCUT2D eigenvalue weighted by Crippen LogP contribution is -2.30. The number of carbonyl (C=O) groups is 1. The minimum Gasteiger partial charge on any atom is -0.490 e. The monoisotopic (exact) mass is 323 g/mol. The Balaban J connectivity index is 1.61. The molecule has 4 rings (SSSR count). The van der Waals surface area contributed by atoms with Crippen molar-refractivity contribution in [2.75, 3.05) is 19.8 Å². The van der Waals surface area contributed by atoms with Gasteiger partial charge in [-0.15, -0.1) is 0 Å². The SMILES string of the molecule is O=C(c1ccccc1)N1CCC[C@@H]1c1ccc2c(c1)OCCCO2. The quantitative estimate of drug-likeness (QED) is 0.843. The summed E-state index contributed by atoms with van der Waals surface area (Å²) in [6.45, 7) is 2.16. The Kier molecular flexibility index (Phi) is 4.11. The molecule has 0 radical (unpaired) electrons. The predicted molar refractivity (Wildman–Crippen MR) is 91.5 cm³/mol. The average Bonchev–Trinajstić information content (AvgIpc) is 3.00. The van der Waals surface area contributed by atoms with Crippen LogP contribution in [0.25, 0.3) is 0 Å². The van der Waals surface area contributed by atoms with Gasteiger partial charge in [0, 0.05) is 18.5 Å². The summed E-state index contributed by atoms with van der Waals surface area (Å²) in [4.78, 5) is 14.8. The molecule has 2 aromatic carbocycles. The van der Waals surface area contributed by atoms with E-state index in [1.54, 1.807) is 0 Å². The van der Waals surface area contributed by atoms with Crippen molar-refractivity contribution in [3.63, 3.8) is 0 Å². The van der Waals surface area contributed by atoms with Crippen LogP contribution in [0.5, 0.6) is 11.5 Å². The zero-order valence-electron chi connectivity index (χ0n) is 13.6. The van der Waals surface area contributed by atoms with Crippen molar-refractivity contribution in [1.82, 2.24) is 4.90 Å². The molecule has 0 N–H and O–H groups in total. The number of hydrogen-bond acceptors (Lipinski definition) is 3. The summed E-state index contributed by atoms with van der Waals surface area (Å²) in [6.07, 6.45) is 2.90. The summed E-state index contributed by atoms with van der Waals surface area (Å²) in [5.41, 5.74) is 1.87. The maximum Gasteiger partial charge on any atom is 0.254 e. The first kappa shape index (κ1) is 15.1. The first-order valence-electron chi connectivity index (χ1n) is 8.58. The zero-order chi connectivity index (χ0) is 16.4. The second-order valence-electron chi connectivity index (χ2n) is 6.28. The van der Waals surface area contributed by atoms with Crippen molar-refractivity contribution < 1.29 is 14.3 Å². The Bertz CT molecular complexity index is 729. The van der Waals surface area contributed by atoms with Gasteiger partial charge in [0.05, 0.1) is 19.3 Å². The maximum atomic E-state index is 12.8. The molecule has 0 aromatic heterocycles. The Hall–Kier alpha value is -2.49. The first-order valence-corrected chi connectivity index (χ1v) is 8.58. The van der Waals surface area contributed by atoms with Crippen LogP contribution in [0.1, 0.15) is 41.2 Å². The van der Waals surface area contributed by atoms with Crippen LogP contribution in [-0.4, -0.2) is 30.6 Å². The normalized spacial score (nSPS) is 19.8. The van der Waals surface area contributed by atoms with Crippen LogP contribution in [0.3, 0.4) is 0 Å². The average molecular weight is 323 g/mol. The van der Waals surface area contributed by atoms with E-state index in [1.807, 2.05) is 47.4 Å². The topological polar surface area (TPSA) is 38.8 Å². The molecule has 2 aliphatic heterocycles. The van der Waals surface area contributed by atoms with E-state index >= 15 is 0 Å². The van der Waals surface area contributed by atoms with Gasteiger partial charge in [-0.2, -0.15) is 0 Å². The Labute approximate surface area is 142 Å². The lowest BCUT2D eigenvalue weighted by Gasteiger charge is -2.26. The molecule has 1 saturated heterocycles. The molecular formula is C20H21NO3. The molecule has 2 aliphatic rings. The number of rotatable bonds is 2. The molecule has 1 amide bonds. The fourth-order valence-corrected chi connectivity index (χ4v) is 3.49. The van der Waals surface area contributed by atoms with Crippen LogP contribution in [-0.2, 0) is 0 Å². The lowest BCUT2D eigenvalue weighted by atomic mass is 10.0. The van der Waals surface area contributed by atoms with Crippen molar-refractivity contribution in [1.29, 1.82) is 0 Å². The van der Waals surface area contributed by atoms with Crippen molar-refractivity contribution in [2.24, 2.45) is 0 Å². The fourth-order valence-electron chi connectivity index (χ4n) is 3.49. The van der Waals surface area contributed by atoms with E-state index in [0.717, 1.165) is 48.4 Å². The van der Waals surface area contributed by atoms with E-state index in [1.165, 1.54) is 0 Å². The summed E-state index contributed by atoms with van der Waals surface area (Å²) >= 11 is 0. The minimum atomic E-state index is 0.102. The van der Waals surface area contributed by atoms with Crippen LogP contribution in [0.2, 0.25) is 0 Å². The first-order chi connectivity index (χ1) is 11.8. The van der Waals surface area contributed by atoms with E-state index in [-0.39, 0.29) is 11.9 Å². The van der Waals surface area contributed by atoms with Crippen molar-refractivity contribution in [2.45, 2.75) is 25.3 Å². The number of carbonyl (C=O) groups excluding carboxylic acids is 1. The zero-order valence-corrected chi connectivity index (χ0v) is 13.6. The fraction of sp³-hybridized carbons (Fsp3) is 0.350. The van der Waals surface area contributed by atoms with Crippen LogP contribution in [0.15, 0.2) is 48.5 Å². The predicted octanol–water partition coefficient (Wildman–Crippen LogP) is 3.83. The lowest BCUT2D eigenvalue weighted by molar-refractivity contribution is 0.0735. The standard InChI is InChI=1S/C20H21NO3/c22-20(15-6-2-1-3-7-15)21-11-4-8-17(21)16-9-10-18-19(14-16)24-13-5-12-23-18/h1-3,6-7,9-10,14,17H,4-5,8,11-13H2/t17-/m1/s1. The van der Waals surface area contributed by atoms with Gasteiger partial charge in [0.15, 0.2) is 11.5 Å². The van der Waals surface area contributed by atoms with Gasteiger partial charge in [-0.1, -0.05) is 24.3 Å². The molecule has 0 bridgehead atoms. The smallest absolute Gasteiger partial charge is 0.254 e. The summed E-state index contributed by atoms with van der Waals surface area (Å²) < 4.78 is 11.5. The Morgan fingerprint density at radius 3 is 2.58 bits per heavy atom. The van der Waals surface area contributed by atoms with Crippen molar-refractivity contribution in [3.8, 4) is 11.5 Å². The number of hydrogen-bond donors (Lipinski definition) is 0. The molecule has 0 spiro atoms. The highest BCUT2D eigenvalue weighted by Gasteiger charge is 2.31. The molecule has 2 heterocycles. The maximum absolute atomic E-state index is 12.8. The molecule has 1 atom stereocenters. The minimum absolute atomic E-state index is 0.102. The molecule has 24 heavy (non-hydrogen) atoms. The van der Waals surface area contributed by atoms with Crippen molar-refractivity contribution in [3.05, 3.63) is 59.7 Å². The number of benzene rings is 2. The molecule has 4 nitrogen and oxygen atoms in total. The summed E-state index contributed by atoms with van der Waals surface area (Å²) in [5, 5.41) is 0. The van der Waals surface area contributed by atoms with E-state index in [0.29, 0.717) is 13.2 Å². The van der Waals surface area contributed by atoms with E-state index < -0.39 is 0 Å². The largest absolute Gasteiger partial charge is 0.490 e. The van der Waals surface area contributed by atoms with E-state index in [9.17, 15) is 4.79 Å². The Morgan fingerprint density at radius 1 is 0.958 bits per heavy atom. The second kappa shape index (κ2) is 6.56. The van der Waals surface area contributed by atoms with E-state index in [2.05, 4.69) is 6.07 Å². The van der Waals surface area contributed by atoms with Gasteiger partial charge in [0.2, 0.25) is 0 Å². The highest BCUT2D eigenvalue weighted by atomic mass is 16.5. The molecule has 0 aliphatic carbocycles. The van der Waals surface area contributed by atoms with Gasteiger partial charge in [0.25, 0.3) is 5.91 Å². The van der Waals surface area contributed by atoms with Crippen LogP contribution in [0, 0.1) is 0 Å². The van der Waals surface area contributed by atoms with Gasteiger partial charge >= 0.3 is 0 Å². The van der Waals surface area contributed by atoms with Crippen LogP contribution < -0.4 is 9.47 Å². The van der Waals surface area contributed by atoms with Crippen LogP contribution >= 0.6 is 0 Å². The highest BCUT2D eigenvalue weighted by Crippen LogP contribution is 2.38. The van der Waals surface area contributed by atoms with Crippen molar-refractivity contribution >= 4 is 5.91 Å². The van der Waals surface area contributed by atoms with Gasteiger partial charge in [-0.3, -0.25) is 4.79 Å². The third-order valence-corrected chi connectivity index (χ3v) is 4.69. The van der Waals surface area contributed by atoms with E-state index in [4.69, 9.17) is 9.47 Å².